The highest BCUT2D eigenvalue weighted by Crippen LogP contribution is 2.34. The number of rotatable bonds is 0. The predicted octanol–water partition coefficient (Wildman–Crippen LogP) is 20.0. The smallest absolute Gasteiger partial charge is 0.251 e. The summed E-state index contributed by atoms with van der Waals surface area (Å²) in [5.41, 5.74) is 22.3. The second-order valence-electron chi connectivity index (χ2n) is 32.8. The number of hydrogen-bond acceptors (Lipinski definition) is 7. The van der Waals surface area contributed by atoms with Crippen molar-refractivity contribution in [3.63, 3.8) is 0 Å². The van der Waals surface area contributed by atoms with Crippen LogP contribution in [0.3, 0.4) is 0 Å². The lowest BCUT2D eigenvalue weighted by Gasteiger charge is -2.42. The van der Waals surface area contributed by atoms with Crippen LogP contribution in [0, 0.1) is 62.3 Å². The average molecular weight is 1280 g/mol. The molecule has 0 aromatic carbocycles. The van der Waals surface area contributed by atoms with Gasteiger partial charge in [0.25, 0.3) is 22.2 Å². The van der Waals surface area contributed by atoms with Crippen LogP contribution < -0.4 is 22.2 Å². The van der Waals surface area contributed by atoms with Gasteiger partial charge >= 0.3 is 0 Å². The maximum atomic E-state index is 11.8. The van der Waals surface area contributed by atoms with E-state index in [0.29, 0.717) is 0 Å². The molecule has 7 rings (SSSR count). The van der Waals surface area contributed by atoms with E-state index in [0.717, 1.165) is 62.0 Å². The summed E-state index contributed by atoms with van der Waals surface area (Å²) in [6.45, 7) is 89.4. The Bertz CT molecular complexity index is 3740. The SMILES string of the molecule is C=C1C=C(C)C(C)=C(C)N1C(C)(C)C.C=C1C=C(C)C(C)=CN1C(C)(C)C.C=C1C=C(C)C=C(C)N1C(C)(C)C.Cc1cc(=O)n(C(C)(C)C)c(C)c1C.Cc1cc(=O)n(C(C)(C)C)cc1C.Cc1cc(C)n(C(C)(C)C)c(=O)c1.Cc1cc(C)n(C(C)(C)C)c(=O)c1. The first-order chi connectivity index (χ1) is 41.6. The highest BCUT2D eigenvalue weighted by molar-refractivity contribution is 5.44. The Labute approximate surface area is 566 Å². The van der Waals surface area contributed by atoms with E-state index in [-0.39, 0.29) is 61.0 Å². The average Bonchev–Trinajstić information content (AvgIpc) is 0.886. The minimum atomic E-state index is -0.139. The maximum absolute atomic E-state index is 11.8. The molecular weight excluding hydrogens is 1150 g/mol. The number of nitrogens with zero attached hydrogens (tertiary/aromatic N) is 7. The van der Waals surface area contributed by atoms with Gasteiger partial charge < -0.3 is 33.0 Å². The highest BCUT2D eigenvalue weighted by Gasteiger charge is 2.28. The lowest BCUT2D eigenvalue weighted by atomic mass is 9.95. The quantitative estimate of drug-likeness (QED) is 0.173. The predicted molar refractivity (Wildman–Crippen MR) is 405 cm³/mol. The summed E-state index contributed by atoms with van der Waals surface area (Å²) in [4.78, 5) is 53.5. The molecule has 0 aliphatic carbocycles. The zero-order valence-electron chi connectivity index (χ0n) is 65.8. The van der Waals surface area contributed by atoms with Crippen LogP contribution in [-0.2, 0) is 22.2 Å². The molecule has 0 saturated carbocycles. The van der Waals surface area contributed by atoms with Gasteiger partial charge in [0, 0.05) is 121 Å². The minimum absolute atomic E-state index is 0.0793. The van der Waals surface area contributed by atoms with Crippen molar-refractivity contribution < 1.29 is 0 Å². The van der Waals surface area contributed by atoms with Gasteiger partial charge in [-0.2, -0.15) is 0 Å². The standard InChI is InChI=1S/C13H21N.C12H19NO.2C12H19N.3C11H17NO/c1-9-8-10(2)14(13(5,6)7)12(4)11(9)3;1-8-7-11(14)13(12(4,5)6)10(3)9(8)2;1-9-7-11(3)13(8-10(9)2)12(4,5)6;1-9-7-10(2)13(11(3)8-9)12(4,5)6;1-8-6-10(13)12(7-9(8)2)11(3,4)5;2*1-8-6-9(2)12(10(13)7-8)11(3,4)5/h8H,2H2,1,3-7H3;7H,1-6H3;7-8H,3H2,1-2,4-6H3;7-8H,2H2,1,3-6H3;3*6-7H,1-5H3. The third-order valence-corrected chi connectivity index (χ3v) is 16.3. The van der Waals surface area contributed by atoms with E-state index in [1.165, 1.54) is 44.8 Å². The fourth-order valence-electron chi connectivity index (χ4n) is 11.9. The number of aromatic nitrogens is 4. The Balaban J connectivity index is 0.000000543. The minimum Gasteiger partial charge on any atom is -0.343 e. The van der Waals surface area contributed by atoms with E-state index in [2.05, 4.69) is 203 Å². The van der Waals surface area contributed by atoms with Crippen LogP contribution in [0.2, 0.25) is 0 Å². The Morgan fingerprint density at radius 1 is 0.344 bits per heavy atom. The van der Waals surface area contributed by atoms with Gasteiger partial charge in [-0.1, -0.05) is 19.7 Å². The molecule has 3 aliphatic heterocycles. The van der Waals surface area contributed by atoms with Crippen LogP contribution in [0.25, 0.3) is 0 Å². The van der Waals surface area contributed by atoms with Crippen molar-refractivity contribution in [3.05, 3.63) is 241 Å². The summed E-state index contributed by atoms with van der Waals surface area (Å²) in [6, 6.07) is 10.8. The molecule has 516 valence electrons. The van der Waals surface area contributed by atoms with Crippen LogP contribution in [0.15, 0.2) is 168 Å². The van der Waals surface area contributed by atoms with Gasteiger partial charge in [0.1, 0.15) is 0 Å². The molecule has 0 radical (unpaired) electrons. The Hall–Kier alpha value is -7.14. The molecule has 0 saturated heterocycles. The molecule has 4 aromatic rings. The molecule has 11 nitrogen and oxygen atoms in total. The molecule has 4 aromatic heterocycles. The van der Waals surface area contributed by atoms with Gasteiger partial charge in [-0.05, 0) is 354 Å². The summed E-state index contributed by atoms with van der Waals surface area (Å²) in [7, 11) is 0. The van der Waals surface area contributed by atoms with Gasteiger partial charge in [-0.25, -0.2) is 0 Å². The first-order valence-corrected chi connectivity index (χ1v) is 33.0. The third kappa shape index (κ3) is 24.3. The van der Waals surface area contributed by atoms with Crippen LogP contribution in [0.4, 0.5) is 0 Å². The van der Waals surface area contributed by atoms with Crippen molar-refractivity contribution in [1.29, 1.82) is 0 Å². The molecule has 0 amide bonds. The monoisotopic (exact) mass is 1280 g/mol. The second-order valence-corrected chi connectivity index (χ2v) is 32.8. The van der Waals surface area contributed by atoms with Gasteiger partial charge in [-0.15, -0.1) is 0 Å². The fourth-order valence-corrected chi connectivity index (χ4v) is 11.9. The van der Waals surface area contributed by atoms with Crippen molar-refractivity contribution in [2.45, 2.75) is 295 Å². The molecule has 0 N–H and O–H groups in total. The molecule has 93 heavy (non-hydrogen) atoms. The Morgan fingerprint density at radius 2 is 0.731 bits per heavy atom. The Kier molecular flexibility index (Phi) is 28.7. The van der Waals surface area contributed by atoms with E-state index in [9.17, 15) is 19.2 Å². The number of aryl methyl sites for hydroxylation is 7. The van der Waals surface area contributed by atoms with Crippen molar-refractivity contribution in [2.24, 2.45) is 0 Å². The number of hydrogen-bond donors (Lipinski definition) is 0. The van der Waals surface area contributed by atoms with Crippen molar-refractivity contribution in [1.82, 2.24) is 33.0 Å². The van der Waals surface area contributed by atoms with E-state index in [1.54, 1.807) is 28.8 Å². The topological polar surface area (TPSA) is 97.7 Å². The largest absolute Gasteiger partial charge is 0.343 e. The zero-order valence-corrected chi connectivity index (χ0v) is 65.8. The third-order valence-electron chi connectivity index (χ3n) is 16.3. The van der Waals surface area contributed by atoms with E-state index >= 15 is 0 Å². The lowest BCUT2D eigenvalue weighted by molar-refractivity contribution is 0.240. The summed E-state index contributed by atoms with van der Waals surface area (Å²) < 4.78 is 7.27. The maximum Gasteiger partial charge on any atom is 0.251 e. The summed E-state index contributed by atoms with van der Waals surface area (Å²) >= 11 is 0. The van der Waals surface area contributed by atoms with Gasteiger partial charge in [0.15, 0.2) is 0 Å². The van der Waals surface area contributed by atoms with E-state index in [4.69, 9.17) is 0 Å². The van der Waals surface area contributed by atoms with Crippen LogP contribution in [-0.4, -0.2) is 49.6 Å². The molecule has 0 unspecified atom stereocenters. The lowest BCUT2D eigenvalue weighted by Crippen LogP contribution is -2.40. The van der Waals surface area contributed by atoms with Crippen molar-refractivity contribution in [2.75, 3.05) is 0 Å². The van der Waals surface area contributed by atoms with Crippen molar-refractivity contribution >= 4 is 0 Å². The molecule has 11 heteroatoms. The molecule has 3 aliphatic rings. The molecule has 0 spiro atoms. The Morgan fingerprint density at radius 3 is 1.10 bits per heavy atom. The molecule has 0 atom stereocenters. The number of allylic oxidation sites excluding steroid dienone is 11. The van der Waals surface area contributed by atoms with E-state index in [1.807, 2.05) is 150 Å². The van der Waals surface area contributed by atoms with E-state index < -0.39 is 0 Å². The van der Waals surface area contributed by atoms with Gasteiger partial charge in [0.2, 0.25) is 0 Å². The van der Waals surface area contributed by atoms with Crippen LogP contribution in [0.1, 0.15) is 244 Å². The van der Waals surface area contributed by atoms with Gasteiger partial charge in [-0.3, -0.25) is 19.2 Å². The molecule has 0 fully saturated rings. The first-order valence-electron chi connectivity index (χ1n) is 33.0. The second kappa shape index (κ2) is 31.9. The van der Waals surface area contributed by atoms with Crippen LogP contribution in [0.5, 0.6) is 0 Å². The number of pyridine rings is 4. The fraction of sp³-hybridized carbons (Fsp3) is 0.537. The normalized spacial score (nSPS) is 14.7. The molecular formula is C82H129N7O4. The summed E-state index contributed by atoms with van der Waals surface area (Å²) in [5, 5.41) is 0. The van der Waals surface area contributed by atoms with Gasteiger partial charge in [0.05, 0.1) is 0 Å². The van der Waals surface area contributed by atoms with Crippen molar-refractivity contribution in [3.8, 4) is 0 Å². The molecule has 7 heterocycles. The zero-order chi connectivity index (χ0) is 73.3. The summed E-state index contributed by atoms with van der Waals surface area (Å²) in [5.74, 6) is 0. The highest BCUT2D eigenvalue weighted by atomic mass is 16.1. The van der Waals surface area contributed by atoms with Crippen LogP contribution >= 0.6 is 0 Å². The molecule has 0 bridgehead atoms. The first kappa shape index (κ1) is 83.9. The summed E-state index contributed by atoms with van der Waals surface area (Å²) in [6.07, 6.45) is 12.7.